The first-order valence-electron chi connectivity index (χ1n) is 6.59. The molecule has 2 atom stereocenters. The Bertz CT molecular complexity index is 570. The van der Waals surface area contributed by atoms with E-state index in [1.165, 1.54) is 0 Å². The molecule has 2 fully saturated rings. The molecule has 1 unspecified atom stereocenters. The third-order valence-electron chi connectivity index (χ3n) is 3.92. The van der Waals surface area contributed by atoms with Crippen molar-refractivity contribution < 1.29 is 9.59 Å². The van der Waals surface area contributed by atoms with Crippen LogP contribution in [0.4, 0.5) is 0 Å². The minimum absolute atomic E-state index is 0.00143. The van der Waals surface area contributed by atoms with Crippen LogP contribution in [0.3, 0.4) is 0 Å². The van der Waals surface area contributed by atoms with Gasteiger partial charge in [0.05, 0.1) is 0 Å². The SMILES string of the molecule is O=C(NC1CC1)[C@@H]1CSC2c3ccccc3C(=O)N21. The number of nitrogens with zero attached hydrogens (tertiary/aromatic N) is 1. The average molecular weight is 274 g/mol. The number of hydrogen-bond donors (Lipinski definition) is 1. The molecule has 1 saturated carbocycles. The van der Waals surface area contributed by atoms with Crippen LogP contribution in [0, 0.1) is 0 Å². The average Bonchev–Trinajstić information content (AvgIpc) is 3.04. The monoisotopic (exact) mass is 274 g/mol. The van der Waals surface area contributed by atoms with Gasteiger partial charge in [0.2, 0.25) is 5.91 Å². The second-order valence-electron chi connectivity index (χ2n) is 5.28. The third-order valence-corrected chi connectivity index (χ3v) is 5.22. The summed E-state index contributed by atoms with van der Waals surface area (Å²) in [7, 11) is 0. The molecule has 5 heteroatoms. The number of thioether (sulfide) groups is 1. The molecule has 1 aliphatic carbocycles. The molecule has 1 saturated heterocycles. The van der Waals surface area contributed by atoms with E-state index in [4.69, 9.17) is 0 Å². The van der Waals surface area contributed by atoms with Crippen LogP contribution in [-0.4, -0.2) is 34.6 Å². The maximum absolute atomic E-state index is 12.4. The molecule has 1 aromatic carbocycles. The number of amides is 2. The predicted octanol–water partition coefficient (Wildman–Crippen LogP) is 1.53. The molecule has 0 bridgehead atoms. The zero-order valence-corrected chi connectivity index (χ0v) is 11.2. The lowest BCUT2D eigenvalue weighted by Crippen LogP contribution is -2.46. The van der Waals surface area contributed by atoms with Crippen LogP contribution < -0.4 is 5.32 Å². The van der Waals surface area contributed by atoms with Crippen molar-refractivity contribution in [2.24, 2.45) is 0 Å². The number of hydrogen-bond acceptors (Lipinski definition) is 3. The number of nitrogens with one attached hydrogen (secondary N) is 1. The molecule has 2 aliphatic heterocycles. The number of carbonyl (C=O) groups is 2. The van der Waals surface area contributed by atoms with Crippen LogP contribution in [0.1, 0.15) is 34.1 Å². The Balaban J connectivity index is 1.63. The van der Waals surface area contributed by atoms with Gasteiger partial charge in [0.25, 0.3) is 5.91 Å². The van der Waals surface area contributed by atoms with Crippen molar-refractivity contribution in [2.45, 2.75) is 30.3 Å². The van der Waals surface area contributed by atoms with E-state index in [9.17, 15) is 9.59 Å². The third kappa shape index (κ3) is 1.68. The van der Waals surface area contributed by atoms with Crippen LogP contribution in [-0.2, 0) is 4.79 Å². The molecular weight excluding hydrogens is 260 g/mol. The molecule has 1 N–H and O–H groups in total. The number of rotatable bonds is 2. The van der Waals surface area contributed by atoms with Gasteiger partial charge in [-0.25, -0.2) is 0 Å². The molecule has 4 rings (SSSR count). The largest absolute Gasteiger partial charge is 0.352 e. The van der Waals surface area contributed by atoms with Crippen LogP contribution >= 0.6 is 11.8 Å². The summed E-state index contributed by atoms with van der Waals surface area (Å²) >= 11 is 1.69. The topological polar surface area (TPSA) is 49.4 Å². The molecule has 19 heavy (non-hydrogen) atoms. The van der Waals surface area contributed by atoms with Crippen molar-refractivity contribution >= 4 is 23.6 Å². The number of benzene rings is 1. The molecule has 0 aromatic heterocycles. The van der Waals surface area contributed by atoms with Crippen molar-refractivity contribution in [2.75, 3.05) is 5.75 Å². The van der Waals surface area contributed by atoms with Gasteiger partial charge in [-0.05, 0) is 24.5 Å². The van der Waals surface area contributed by atoms with Crippen LogP contribution in [0.5, 0.6) is 0 Å². The van der Waals surface area contributed by atoms with Gasteiger partial charge < -0.3 is 10.2 Å². The summed E-state index contributed by atoms with van der Waals surface area (Å²) in [5.41, 5.74) is 1.81. The highest BCUT2D eigenvalue weighted by atomic mass is 32.2. The highest BCUT2D eigenvalue weighted by molar-refractivity contribution is 7.99. The Morgan fingerprint density at radius 2 is 2.11 bits per heavy atom. The lowest BCUT2D eigenvalue weighted by atomic mass is 10.1. The Morgan fingerprint density at radius 3 is 2.89 bits per heavy atom. The predicted molar refractivity (Wildman–Crippen MR) is 72.8 cm³/mol. The fraction of sp³-hybridized carbons (Fsp3) is 0.429. The van der Waals surface area contributed by atoms with Gasteiger partial charge in [-0.1, -0.05) is 18.2 Å². The van der Waals surface area contributed by atoms with Gasteiger partial charge >= 0.3 is 0 Å². The summed E-state index contributed by atoms with van der Waals surface area (Å²) in [5.74, 6) is 0.712. The Morgan fingerprint density at radius 1 is 1.32 bits per heavy atom. The van der Waals surface area contributed by atoms with Gasteiger partial charge in [0.1, 0.15) is 11.4 Å². The summed E-state index contributed by atoms with van der Waals surface area (Å²) in [5, 5.41) is 3.04. The first-order chi connectivity index (χ1) is 9.25. The van der Waals surface area contributed by atoms with Gasteiger partial charge in [0.15, 0.2) is 0 Å². The van der Waals surface area contributed by atoms with Crippen molar-refractivity contribution in [3.8, 4) is 0 Å². The van der Waals surface area contributed by atoms with Crippen molar-refractivity contribution in [3.05, 3.63) is 35.4 Å². The van der Waals surface area contributed by atoms with Crippen molar-refractivity contribution in [1.29, 1.82) is 0 Å². The molecule has 2 heterocycles. The van der Waals surface area contributed by atoms with Gasteiger partial charge in [-0.2, -0.15) is 0 Å². The molecule has 4 nitrogen and oxygen atoms in total. The summed E-state index contributed by atoms with van der Waals surface area (Å²) in [6.07, 6.45) is 2.15. The minimum atomic E-state index is -0.310. The zero-order valence-electron chi connectivity index (χ0n) is 10.3. The summed E-state index contributed by atoms with van der Waals surface area (Å²) in [4.78, 5) is 26.4. The molecule has 0 spiro atoms. The van der Waals surface area contributed by atoms with E-state index >= 15 is 0 Å². The van der Waals surface area contributed by atoms with Gasteiger partial charge in [-0.15, -0.1) is 11.8 Å². The molecular formula is C14H14N2O2S. The Kier molecular flexibility index (Phi) is 2.39. The smallest absolute Gasteiger partial charge is 0.256 e. The Hall–Kier alpha value is -1.49. The van der Waals surface area contributed by atoms with Crippen molar-refractivity contribution in [3.63, 3.8) is 0 Å². The van der Waals surface area contributed by atoms with Crippen LogP contribution in [0.2, 0.25) is 0 Å². The van der Waals surface area contributed by atoms with Crippen LogP contribution in [0.15, 0.2) is 24.3 Å². The summed E-state index contributed by atoms with van der Waals surface area (Å²) in [6, 6.07) is 7.71. The quantitative estimate of drug-likeness (QED) is 0.890. The fourth-order valence-electron chi connectivity index (χ4n) is 2.77. The molecule has 0 radical (unpaired) electrons. The van der Waals surface area contributed by atoms with E-state index in [0.29, 0.717) is 11.8 Å². The molecule has 3 aliphatic rings. The number of carbonyl (C=O) groups excluding carboxylic acids is 2. The van der Waals surface area contributed by atoms with E-state index in [1.807, 2.05) is 24.3 Å². The maximum atomic E-state index is 12.4. The highest BCUT2D eigenvalue weighted by Crippen LogP contribution is 2.48. The second kappa shape index (κ2) is 4.00. The highest BCUT2D eigenvalue weighted by Gasteiger charge is 2.48. The van der Waals surface area contributed by atoms with Crippen molar-refractivity contribution in [1.82, 2.24) is 10.2 Å². The summed E-state index contributed by atoms with van der Waals surface area (Å²) in [6.45, 7) is 0. The lowest BCUT2D eigenvalue weighted by Gasteiger charge is -2.22. The molecule has 1 aromatic rings. The van der Waals surface area contributed by atoms with E-state index in [2.05, 4.69) is 5.32 Å². The Labute approximate surface area is 115 Å². The number of fused-ring (bicyclic) bond motifs is 3. The standard InChI is InChI=1S/C14H14N2O2S/c17-12(15-8-5-6-8)11-7-19-14-10-4-2-1-3-9(10)13(18)16(11)14/h1-4,8,11,14H,5-7H2,(H,15,17)/t11-,14?/m0/s1. The van der Waals surface area contributed by atoms with E-state index < -0.39 is 0 Å². The molecule has 98 valence electrons. The second-order valence-corrected chi connectivity index (χ2v) is 6.40. The first-order valence-corrected chi connectivity index (χ1v) is 7.64. The van der Waals surface area contributed by atoms with Gasteiger partial charge in [-0.3, -0.25) is 9.59 Å². The minimum Gasteiger partial charge on any atom is -0.352 e. The van der Waals surface area contributed by atoms with Crippen LogP contribution in [0.25, 0.3) is 0 Å². The zero-order chi connectivity index (χ0) is 13.0. The lowest BCUT2D eigenvalue weighted by molar-refractivity contribution is -0.124. The normalized spacial score (nSPS) is 28.2. The first kappa shape index (κ1) is 11.3. The fourth-order valence-corrected chi connectivity index (χ4v) is 4.23. The van der Waals surface area contributed by atoms with E-state index in [1.54, 1.807) is 16.7 Å². The van der Waals surface area contributed by atoms with E-state index in [-0.39, 0.29) is 23.2 Å². The van der Waals surface area contributed by atoms with Gasteiger partial charge in [0, 0.05) is 17.4 Å². The summed E-state index contributed by atoms with van der Waals surface area (Å²) < 4.78 is 0. The maximum Gasteiger partial charge on any atom is 0.256 e. The van der Waals surface area contributed by atoms with E-state index in [0.717, 1.165) is 24.0 Å². The molecule has 2 amide bonds.